The van der Waals surface area contributed by atoms with Gasteiger partial charge in [0.05, 0.1) is 6.54 Å². The maximum atomic E-state index is 11.2. The molecule has 3 nitrogen and oxygen atoms in total. The fraction of sp³-hybridized carbons (Fsp3) is 0.364. The molecule has 14 heavy (non-hydrogen) atoms. The van der Waals surface area contributed by atoms with Crippen LogP contribution in [-0.4, -0.2) is 31.4 Å². The van der Waals surface area contributed by atoms with E-state index in [1.807, 2.05) is 31.2 Å². The molecule has 0 bridgehead atoms. The summed E-state index contributed by atoms with van der Waals surface area (Å²) in [5, 5.41) is 3.06. The Hall–Kier alpha value is -1.51. The second-order valence-corrected chi connectivity index (χ2v) is 3.51. The van der Waals surface area contributed by atoms with E-state index >= 15 is 0 Å². The van der Waals surface area contributed by atoms with Crippen molar-refractivity contribution in [2.45, 2.75) is 6.92 Å². The molecule has 0 aromatic heterocycles. The van der Waals surface area contributed by atoms with Crippen LogP contribution in [0, 0.1) is 6.92 Å². The highest BCUT2D eigenvalue weighted by atomic mass is 16.2. The summed E-state index contributed by atoms with van der Waals surface area (Å²) in [7, 11) is 3.50. The number of amides is 1. The van der Waals surface area contributed by atoms with Gasteiger partial charge in [-0.05, 0) is 19.1 Å². The Labute approximate surface area is 84.7 Å². The maximum Gasteiger partial charge on any atom is 0.241 e. The van der Waals surface area contributed by atoms with E-state index in [1.54, 1.807) is 19.0 Å². The number of nitrogens with one attached hydrogen (secondary N) is 1. The Morgan fingerprint density at radius 3 is 2.36 bits per heavy atom. The molecule has 1 N–H and O–H groups in total. The van der Waals surface area contributed by atoms with Crippen LogP contribution in [0.15, 0.2) is 24.3 Å². The molecule has 0 saturated heterocycles. The SMILES string of the molecule is Cc1ccc(NCC(=O)N(C)C)cc1. The van der Waals surface area contributed by atoms with Gasteiger partial charge in [-0.2, -0.15) is 0 Å². The van der Waals surface area contributed by atoms with Crippen molar-refractivity contribution in [3.63, 3.8) is 0 Å². The molecule has 0 aliphatic carbocycles. The van der Waals surface area contributed by atoms with Crippen LogP contribution < -0.4 is 5.32 Å². The second-order valence-electron chi connectivity index (χ2n) is 3.51. The molecular formula is C11H16N2O. The Bertz CT molecular complexity index is 304. The highest BCUT2D eigenvalue weighted by Gasteiger charge is 2.02. The van der Waals surface area contributed by atoms with E-state index in [0.717, 1.165) is 5.69 Å². The summed E-state index contributed by atoms with van der Waals surface area (Å²) in [6.07, 6.45) is 0. The van der Waals surface area contributed by atoms with Crippen LogP contribution in [-0.2, 0) is 4.79 Å². The van der Waals surface area contributed by atoms with Gasteiger partial charge in [-0.15, -0.1) is 0 Å². The van der Waals surface area contributed by atoms with Gasteiger partial charge in [-0.1, -0.05) is 17.7 Å². The quantitative estimate of drug-likeness (QED) is 0.787. The number of anilines is 1. The molecule has 0 fully saturated rings. The van der Waals surface area contributed by atoms with Gasteiger partial charge in [0.15, 0.2) is 0 Å². The lowest BCUT2D eigenvalue weighted by Gasteiger charge is -2.11. The molecule has 1 rings (SSSR count). The first kappa shape index (κ1) is 10.6. The summed E-state index contributed by atoms with van der Waals surface area (Å²) < 4.78 is 0. The Morgan fingerprint density at radius 2 is 1.86 bits per heavy atom. The molecule has 0 heterocycles. The number of hydrogen-bond acceptors (Lipinski definition) is 2. The number of aryl methyl sites for hydroxylation is 1. The predicted molar refractivity (Wildman–Crippen MR) is 58.4 cm³/mol. The number of benzene rings is 1. The molecule has 1 aromatic rings. The number of likely N-dealkylation sites (N-methyl/N-ethyl adjacent to an activating group) is 1. The van der Waals surface area contributed by atoms with Gasteiger partial charge < -0.3 is 10.2 Å². The first-order chi connectivity index (χ1) is 6.59. The number of nitrogens with zero attached hydrogens (tertiary/aromatic N) is 1. The highest BCUT2D eigenvalue weighted by Crippen LogP contribution is 2.07. The molecule has 0 unspecified atom stereocenters. The van der Waals surface area contributed by atoms with Crippen molar-refractivity contribution in [3.8, 4) is 0 Å². The van der Waals surface area contributed by atoms with E-state index < -0.39 is 0 Å². The monoisotopic (exact) mass is 192 g/mol. The van der Waals surface area contributed by atoms with Gasteiger partial charge in [-0.3, -0.25) is 4.79 Å². The summed E-state index contributed by atoms with van der Waals surface area (Å²) in [5.41, 5.74) is 2.19. The largest absolute Gasteiger partial charge is 0.376 e. The minimum atomic E-state index is 0.0746. The lowest BCUT2D eigenvalue weighted by atomic mass is 10.2. The average molecular weight is 192 g/mol. The van der Waals surface area contributed by atoms with E-state index in [4.69, 9.17) is 0 Å². The smallest absolute Gasteiger partial charge is 0.241 e. The molecule has 0 atom stereocenters. The topological polar surface area (TPSA) is 32.3 Å². The lowest BCUT2D eigenvalue weighted by Crippen LogP contribution is -2.28. The molecule has 0 saturated carbocycles. The van der Waals surface area contributed by atoms with Crippen LogP contribution in [0.1, 0.15) is 5.56 Å². The Kier molecular flexibility index (Phi) is 3.51. The van der Waals surface area contributed by atoms with Gasteiger partial charge in [0.1, 0.15) is 0 Å². The van der Waals surface area contributed by atoms with Crippen molar-refractivity contribution in [1.29, 1.82) is 0 Å². The average Bonchev–Trinajstić information content (AvgIpc) is 2.16. The molecule has 76 valence electrons. The highest BCUT2D eigenvalue weighted by molar-refractivity contribution is 5.80. The molecule has 0 radical (unpaired) electrons. The van der Waals surface area contributed by atoms with Gasteiger partial charge in [0, 0.05) is 19.8 Å². The van der Waals surface area contributed by atoms with E-state index in [2.05, 4.69) is 5.32 Å². The van der Waals surface area contributed by atoms with Crippen LogP contribution in [0.5, 0.6) is 0 Å². The summed E-state index contributed by atoms with van der Waals surface area (Å²) in [6.45, 7) is 2.38. The summed E-state index contributed by atoms with van der Waals surface area (Å²) in [4.78, 5) is 12.8. The molecule has 1 amide bonds. The molecule has 0 aliphatic rings. The number of carbonyl (C=O) groups excluding carboxylic acids is 1. The van der Waals surface area contributed by atoms with Crippen molar-refractivity contribution in [3.05, 3.63) is 29.8 Å². The summed E-state index contributed by atoms with van der Waals surface area (Å²) >= 11 is 0. The van der Waals surface area contributed by atoms with Gasteiger partial charge in [-0.25, -0.2) is 0 Å². The fourth-order valence-corrected chi connectivity index (χ4v) is 1.01. The number of carbonyl (C=O) groups is 1. The van der Waals surface area contributed by atoms with E-state index in [9.17, 15) is 4.79 Å². The Morgan fingerprint density at radius 1 is 1.29 bits per heavy atom. The molecule has 3 heteroatoms. The zero-order valence-electron chi connectivity index (χ0n) is 8.87. The van der Waals surface area contributed by atoms with Gasteiger partial charge in [0.2, 0.25) is 5.91 Å². The standard InChI is InChI=1S/C11H16N2O/c1-9-4-6-10(7-5-9)12-8-11(14)13(2)3/h4-7,12H,8H2,1-3H3. The zero-order valence-corrected chi connectivity index (χ0v) is 8.87. The third-order valence-electron chi connectivity index (χ3n) is 1.99. The van der Waals surface area contributed by atoms with Crippen molar-refractivity contribution in [2.24, 2.45) is 0 Å². The number of hydrogen-bond donors (Lipinski definition) is 1. The van der Waals surface area contributed by atoms with Crippen molar-refractivity contribution < 1.29 is 4.79 Å². The lowest BCUT2D eigenvalue weighted by molar-refractivity contribution is -0.126. The van der Waals surface area contributed by atoms with Gasteiger partial charge >= 0.3 is 0 Å². The van der Waals surface area contributed by atoms with Crippen molar-refractivity contribution in [1.82, 2.24) is 4.90 Å². The fourth-order valence-electron chi connectivity index (χ4n) is 1.01. The molecule has 0 spiro atoms. The number of rotatable bonds is 3. The zero-order chi connectivity index (χ0) is 10.6. The van der Waals surface area contributed by atoms with E-state index in [1.165, 1.54) is 5.56 Å². The Balaban J connectivity index is 2.46. The third-order valence-corrected chi connectivity index (χ3v) is 1.99. The van der Waals surface area contributed by atoms with Crippen molar-refractivity contribution in [2.75, 3.05) is 26.0 Å². The minimum absolute atomic E-state index is 0.0746. The van der Waals surface area contributed by atoms with E-state index in [-0.39, 0.29) is 5.91 Å². The van der Waals surface area contributed by atoms with Crippen LogP contribution >= 0.6 is 0 Å². The third kappa shape index (κ3) is 3.09. The molecular weight excluding hydrogens is 176 g/mol. The van der Waals surface area contributed by atoms with Crippen molar-refractivity contribution >= 4 is 11.6 Å². The normalized spacial score (nSPS) is 9.64. The van der Waals surface area contributed by atoms with Crippen LogP contribution in [0.4, 0.5) is 5.69 Å². The first-order valence-electron chi connectivity index (χ1n) is 4.60. The van der Waals surface area contributed by atoms with Crippen LogP contribution in [0.25, 0.3) is 0 Å². The van der Waals surface area contributed by atoms with Gasteiger partial charge in [0.25, 0.3) is 0 Å². The maximum absolute atomic E-state index is 11.2. The predicted octanol–water partition coefficient (Wildman–Crippen LogP) is 1.50. The van der Waals surface area contributed by atoms with E-state index in [0.29, 0.717) is 6.54 Å². The first-order valence-corrected chi connectivity index (χ1v) is 4.60. The van der Waals surface area contributed by atoms with Crippen LogP contribution in [0.3, 0.4) is 0 Å². The minimum Gasteiger partial charge on any atom is -0.376 e. The molecule has 0 aliphatic heterocycles. The van der Waals surface area contributed by atoms with Crippen LogP contribution in [0.2, 0.25) is 0 Å². The molecule has 1 aromatic carbocycles. The summed E-state index contributed by atoms with van der Waals surface area (Å²) in [5.74, 6) is 0.0746. The second kappa shape index (κ2) is 4.65. The summed E-state index contributed by atoms with van der Waals surface area (Å²) in [6, 6.07) is 7.97.